The average Bonchev–Trinajstić information content (AvgIpc) is 3.26. The number of piperazine rings is 1. The lowest BCUT2D eigenvalue weighted by Gasteiger charge is -2.36. The van der Waals surface area contributed by atoms with Crippen molar-refractivity contribution in [3.05, 3.63) is 48.8 Å². The maximum Gasteiger partial charge on any atom is 0.286 e. The summed E-state index contributed by atoms with van der Waals surface area (Å²) >= 11 is 1.60. The van der Waals surface area contributed by atoms with E-state index in [0.717, 1.165) is 50.8 Å². The number of rotatable bonds is 8. The van der Waals surface area contributed by atoms with Gasteiger partial charge < -0.3 is 15.0 Å². The first-order valence-electron chi connectivity index (χ1n) is 11.7. The molecule has 2 fully saturated rings. The van der Waals surface area contributed by atoms with Gasteiger partial charge in [0.25, 0.3) is 5.91 Å². The third-order valence-corrected chi connectivity index (χ3v) is 7.60. The predicted octanol–water partition coefficient (Wildman–Crippen LogP) is 4.20. The Morgan fingerprint density at radius 2 is 1.97 bits per heavy atom. The molecule has 1 aliphatic carbocycles. The monoisotopic (exact) mass is 454 g/mol. The van der Waals surface area contributed by atoms with Gasteiger partial charge in [-0.3, -0.25) is 9.69 Å². The minimum Gasteiger partial charge on any atom is -0.491 e. The van der Waals surface area contributed by atoms with E-state index in [0.29, 0.717) is 5.76 Å². The van der Waals surface area contributed by atoms with Crippen molar-refractivity contribution >= 4 is 33.3 Å². The molecule has 0 spiro atoms. The van der Waals surface area contributed by atoms with E-state index in [1.807, 2.05) is 0 Å². The van der Waals surface area contributed by atoms with Crippen LogP contribution in [0.1, 0.15) is 32.1 Å². The molecule has 1 saturated heterocycles. The molecule has 1 aromatic heterocycles. The van der Waals surface area contributed by atoms with Gasteiger partial charge in [-0.05, 0) is 74.3 Å². The van der Waals surface area contributed by atoms with Crippen molar-refractivity contribution in [1.29, 1.82) is 0 Å². The second-order valence-corrected chi connectivity index (χ2v) is 9.59. The zero-order valence-corrected chi connectivity index (χ0v) is 19.8. The number of ether oxygens (including phenoxy) is 1. The zero-order valence-electron chi connectivity index (χ0n) is 19.0. The van der Waals surface area contributed by atoms with E-state index in [2.05, 4.69) is 46.0 Å². The van der Waals surface area contributed by atoms with Crippen LogP contribution in [0.5, 0.6) is 0 Å². The van der Waals surface area contributed by atoms with E-state index < -0.39 is 0 Å². The van der Waals surface area contributed by atoms with Crippen LogP contribution in [0.25, 0.3) is 10.1 Å². The lowest BCUT2D eigenvalue weighted by Crippen LogP contribution is -2.47. The third kappa shape index (κ3) is 5.51. The topological polar surface area (TPSA) is 57.7 Å². The normalized spacial score (nSPS) is 22.7. The van der Waals surface area contributed by atoms with Gasteiger partial charge in [0.2, 0.25) is 0 Å². The minimum atomic E-state index is -0.137. The molecular formula is C25H34N4O2S. The number of methoxy groups -OCH3 is 1. The molecule has 6 nitrogen and oxygen atoms in total. The molecule has 0 unspecified atom stereocenters. The van der Waals surface area contributed by atoms with Crippen molar-refractivity contribution < 1.29 is 9.53 Å². The Bertz CT molecular complexity index is 940. The number of benzene rings is 1. The van der Waals surface area contributed by atoms with Gasteiger partial charge in [-0.25, -0.2) is 0 Å². The molecule has 32 heavy (non-hydrogen) atoms. The summed E-state index contributed by atoms with van der Waals surface area (Å²) in [5.74, 6) is 2.10. The van der Waals surface area contributed by atoms with E-state index in [4.69, 9.17) is 9.11 Å². The molecule has 0 atom stereocenters. The van der Waals surface area contributed by atoms with Crippen LogP contribution in [-0.2, 0) is 9.53 Å². The molecule has 0 bridgehead atoms. The van der Waals surface area contributed by atoms with Gasteiger partial charge in [0.05, 0.1) is 11.8 Å². The van der Waals surface area contributed by atoms with Crippen LogP contribution in [0.15, 0.2) is 48.8 Å². The summed E-state index contributed by atoms with van der Waals surface area (Å²) < 4.78 is 11.1. The molecule has 1 aliphatic heterocycles. The summed E-state index contributed by atoms with van der Waals surface area (Å²) in [6.07, 6.45) is 8.90. The second kappa shape index (κ2) is 11.0. The van der Waals surface area contributed by atoms with Crippen molar-refractivity contribution in [3.63, 3.8) is 0 Å². The van der Waals surface area contributed by atoms with Crippen molar-refractivity contribution in [2.24, 2.45) is 5.92 Å². The SMILES string of the molecule is C=C/C=C(\OC)C(=O)NC1CCC(CCN2CCN(c3nsc4ccccc34)CC2)CC1. The van der Waals surface area contributed by atoms with Crippen LogP contribution in [0, 0.1) is 5.92 Å². The number of anilines is 1. The van der Waals surface area contributed by atoms with Gasteiger partial charge >= 0.3 is 0 Å². The molecule has 2 aromatic rings. The zero-order chi connectivity index (χ0) is 22.3. The number of hydrogen-bond donors (Lipinski definition) is 1. The predicted molar refractivity (Wildman–Crippen MR) is 132 cm³/mol. The number of nitrogens with zero attached hydrogens (tertiary/aromatic N) is 3. The molecule has 2 aliphatic rings. The molecule has 1 amide bonds. The number of nitrogens with one attached hydrogen (secondary N) is 1. The Labute approximate surface area is 195 Å². The fraction of sp³-hybridized carbons (Fsp3) is 0.520. The fourth-order valence-electron chi connectivity index (χ4n) is 4.84. The van der Waals surface area contributed by atoms with E-state index >= 15 is 0 Å². The fourth-order valence-corrected chi connectivity index (χ4v) is 5.64. The second-order valence-electron chi connectivity index (χ2n) is 8.78. The molecule has 172 valence electrons. The molecule has 7 heteroatoms. The molecule has 1 N–H and O–H groups in total. The summed E-state index contributed by atoms with van der Waals surface area (Å²) in [4.78, 5) is 17.3. The van der Waals surface area contributed by atoms with Gasteiger partial charge in [-0.2, -0.15) is 4.37 Å². The smallest absolute Gasteiger partial charge is 0.286 e. The highest BCUT2D eigenvalue weighted by Gasteiger charge is 2.25. The number of fused-ring (bicyclic) bond motifs is 1. The highest BCUT2D eigenvalue weighted by Crippen LogP contribution is 2.30. The number of carbonyl (C=O) groups excluding carboxylic acids is 1. The number of hydrogen-bond acceptors (Lipinski definition) is 6. The quantitative estimate of drug-likeness (QED) is 0.368. The van der Waals surface area contributed by atoms with Gasteiger partial charge in [-0.1, -0.05) is 24.8 Å². The molecule has 2 heterocycles. The first-order valence-corrected chi connectivity index (χ1v) is 12.4. The Hall–Kier alpha value is -2.38. The standard InChI is InChI=1S/C25H34N4O2S/c1-3-6-22(31-2)25(30)26-20-11-9-19(10-12-20)13-14-28-15-17-29(18-16-28)24-21-7-4-5-8-23(21)32-27-24/h3-8,19-20H,1,9-18H2,2H3,(H,26,30)/b22-6-. The van der Waals surface area contributed by atoms with Crippen LogP contribution in [0.3, 0.4) is 0 Å². The number of carbonyl (C=O) groups is 1. The highest BCUT2D eigenvalue weighted by molar-refractivity contribution is 7.13. The molecular weight excluding hydrogens is 420 g/mol. The van der Waals surface area contributed by atoms with Gasteiger partial charge in [-0.15, -0.1) is 0 Å². The van der Waals surface area contributed by atoms with Crippen LogP contribution in [0.2, 0.25) is 0 Å². The Balaban J connectivity index is 1.17. The summed E-state index contributed by atoms with van der Waals surface area (Å²) in [7, 11) is 1.52. The minimum absolute atomic E-state index is 0.137. The maximum absolute atomic E-state index is 12.3. The Morgan fingerprint density at radius 1 is 1.22 bits per heavy atom. The molecule has 1 aromatic carbocycles. The summed E-state index contributed by atoms with van der Waals surface area (Å²) in [5.41, 5.74) is 0. The van der Waals surface area contributed by atoms with Crippen molar-refractivity contribution in [2.45, 2.75) is 38.1 Å². The van der Waals surface area contributed by atoms with Crippen molar-refractivity contribution in [3.8, 4) is 0 Å². The van der Waals surface area contributed by atoms with Gasteiger partial charge in [0.1, 0.15) is 5.82 Å². The number of amides is 1. The third-order valence-electron chi connectivity index (χ3n) is 6.78. The van der Waals surface area contributed by atoms with Crippen molar-refractivity contribution in [1.82, 2.24) is 14.6 Å². The van der Waals surface area contributed by atoms with Gasteiger partial charge in [0, 0.05) is 37.6 Å². The van der Waals surface area contributed by atoms with E-state index in [1.165, 1.54) is 43.0 Å². The van der Waals surface area contributed by atoms with Crippen LogP contribution < -0.4 is 10.2 Å². The Kier molecular flexibility index (Phi) is 7.81. The van der Waals surface area contributed by atoms with Crippen LogP contribution >= 0.6 is 11.5 Å². The molecule has 1 saturated carbocycles. The number of aromatic nitrogens is 1. The van der Waals surface area contributed by atoms with Crippen LogP contribution in [-0.4, -0.2) is 61.1 Å². The molecule has 4 rings (SSSR count). The highest BCUT2D eigenvalue weighted by atomic mass is 32.1. The van der Waals surface area contributed by atoms with Crippen molar-refractivity contribution in [2.75, 3.05) is 44.7 Å². The van der Waals surface area contributed by atoms with Crippen LogP contribution in [0.4, 0.5) is 5.82 Å². The lowest BCUT2D eigenvalue weighted by molar-refractivity contribution is -0.121. The van der Waals surface area contributed by atoms with E-state index in [-0.39, 0.29) is 11.9 Å². The first kappa shape index (κ1) is 22.8. The summed E-state index contributed by atoms with van der Waals surface area (Å²) in [6, 6.07) is 8.77. The summed E-state index contributed by atoms with van der Waals surface area (Å²) in [5, 5.41) is 4.40. The average molecular weight is 455 g/mol. The number of allylic oxidation sites excluding steroid dienone is 2. The van der Waals surface area contributed by atoms with E-state index in [1.54, 1.807) is 23.7 Å². The maximum atomic E-state index is 12.3. The van der Waals surface area contributed by atoms with E-state index in [9.17, 15) is 4.79 Å². The molecule has 0 radical (unpaired) electrons. The first-order chi connectivity index (χ1) is 15.7. The summed E-state index contributed by atoms with van der Waals surface area (Å²) in [6.45, 7) is 9.10. The largest absolute Gasteiger partial charge is 0.491 e. The lowest BCUT2D eigenvalue weighted by atomic mass is 9.84. The Morgan fingerprint density at radius 3 is 2.69 bits per heavy atom. The van der Waals surface area contributed by atoms with Gasteiger partial charge in [0.15, 0.2) is 5.76 Å².